The minimum absolute atomic E-state index is 0.294. The molecule has 3 nitrogen and oxygen atoms in total. The van der Waals surface area contributed by atoms with Crippen LogP contribution in [0.4, 0.5) is 8.78 Å². The van der Waals surface area contributed by atoms with Gasteiger partial charge in [0.2, 0.25) is 0 Å². The number of aromatic amines is 1. The van der Waals surface area contributed by atoms with Crippen LogP contribution in [0.5, 0.6) is 0 Å². The lowest BCUT2D eigenvalue weighted by Gasteiger charge is -2.08. The van der Waals surface area contributed by atoms with Crippen molar-refractivity contribution in [1.29, 1.82) is 0 Å². The van der Waals surface area contributed by atoms with E-state index in [1.807, 2.05) is 0 Å². The van der Waals surface area contributed by atoms with Crippen LogP contribution in [0, 0.1) is 6.92 Å². The maximum Gasteiger partial charge on any atom is 0.303 e. The number of H-pyrrole nitrogens is 1. The summed E-state index contributed by atoms with van der Waals surface area (Å²) in [6, 6.07) is 1.28. The number of halogens is 2. The van der Waals surface area contributed by atoms with E-state index in [4.69, 9.17) is 5.73 Å². The summed E-state index contributed by atoms with van der Waals surface area (Å²) in [5.74, 6) is -3.01. The molecule has 0 aliphatic heterocycles. The number of nitrogens with one attached hydrogen (secondary N) is 1. The molecule has 1 aromatic rings. The van der Waals surface area contributed by atoms with Gasteiger partial charge >= 0.3 is 5.92 Å². The molecule has 0 radical (unpaired) electrons. The fraction of sp³-hybridized carbons (Fsp3) is 0.500. The van der Waals surface area contributed by atoms with E-state index in [0.29, 0.717) is 5.69 Å². The Kier molecular flexibility index (Phi) is 1.90. The third kappa shape index (κ3) is 1.54. The van der Waals surface area contributed by atoms with Crippen molar-refractivity contribution in [2.45, 2.75) is 12.8 Å². The zero-order valence-electron chi connectivity index (χ0n) is 6.06. The average Bonchev–Trinajstić information content (AvgIpc) is 2.36. The van der Waals surface area contributed by atoms with Crippen molar-refractivity contribution in [3.8, 4) is 0 Å². The van der Waals surface area contributed by atoms with Gasteiger partial charge in [-0.05, 0) is 13.0 Å². The van der Waals surface area contributed by atoms with Crippen LogP contribution in [0.15, 0.2) is 6.07 Å². The summed E-state index contributed by atoms with van der Waals surface area (Å²) >= 11 is 0. The van der Waals surface area contributed by atoms with E-state index in [2.05, 4.69) is 10.2 Å². The highest BCUT2D eigenvalue weighted by Crippen LogP contribution is 2.24. The first-order valence-electron chi connectivity index (χ1n) is 3.16. The molecule has 0 aliphatic rings. The van der Waals surface area contributed by atoms with Crippen molar-refractivity contribution in [1.82, 2.24) is 10.2 Å². The third-order valence-electron chi connectivity index (χ3n) is 1.34. The van der Waals surface area contributed by atoms with Crippen LogP contribution < -0.4 is 5.73 Å². The number of nitrogens with two attached hydrogens (primary N) is 1. The maximum absolute atomic E-state index is 12.7. The molecule has 0 amide bonds. The highest BCUT2D eigenvalue weighted by atomic mass is 19.3. The molecule has 0 saturated heterocycles. The predicted octanol–water partition coefficient (Wildman–Crippen LogP) is 0.769. The lowest BCUT2D eigenvalue weighted by molar-refractivity contribution is 0.00134. The molecule has 5 heteroatoms. The van der Waals surface area contributed by atoms with Gasteiger partial charge in [-0.3, -0.25) is 5.10 Å². The smallest absolute Gasteiger partial charge is 0.303 e. The molecule has 3 N–H and O–H groups in total. The molecule has 0 atom stereocenters. The van der Waals surface area contributed by atoms with Crippen LogP contribution in [0.25, 0.3) is 0 Å². The Morgan fingerprint density at radius 1 is 1.73 bits per heavy atom. The number of hydrogen-bond acceptors (Lipinski definition) is 2. The van der Waals surface area contributed by atoms with E-state index < -0.39 is 12.5 Å². The van der Waals surface area contributed by atoms with Gasteiger partial charge in [0.1, 0.15) is 5.69 Å². The molecular weight excluding hydrogens is 152 g/mol. The highest BCUT2D eigenvalue weighted by molar-refractivity contribution is 5.12. The standard InChI is InChI=1S/C6H9F2N3/c1-4-2-5(11-10-4)6(7,8)3-9/h2H,3,9H2,1H3,(H,10,11). The first kappa shape index (κ1) is 8.13. The van der Waals surface area contributed by atoms with Gasteiger partial charge in [-0.15, -0.1) is 0 Å². The fourth-order valence-electron chi connectivity index (χ4n) is 0.710. The Labute approximate surface area is 62.6 Å². The van der Waals surface area contributed by atoms with Crippen LogP contribution in [0.1, 0.15) is 11.4 Å². The summed E-state index contributed by atoms with van der Waals surface area (Å²) in [7, 11) is 0. The minimum atomic E-state index is -3.01. The minimum Gasteiger partial charge on any atom is -0.325 e. The Bertz CT molecular complexity index is 244. The second kappa shape index (κ2) is 2.58. The normalized spacial score (nSPS) is 12.0. The average molecular weight is 161 g/mol. The molecule has 0 aromatic carbocycles. The Morgan fingerprint density at radius 2 is 2.36 bits per heavy atom. The molecule has 0 saturated carbocycles. The molecule has 1 heterocycles. The van der Waals surface area contributed by atoms with Gasteiger partial charge < -0.3 is 5.73 Å². The number of nitrogens with zero attached hydrogens (tertiary/aromatic N) is 1. The van der Waals surface area contributed by atoms with Crippen molar-refractivity contribution in [2.75, 3.05) is 6.54 Å². The molecular formula is C6H9F2N3. The van der Waals surface area contributed by atoms with Crippen molar-refractivity contribution < 1.29 is 8.78 Å². The van der Waals surface area contributed by atoms with Gasteiger partial charge in [0.25, 0.3) is 0 Å². The Morgan fingerprint density at radius 3 is 2.73 bits per heavy atom. The SMILES string of the molecule is Cc1cc(C(F)(F)CN)n[nH]1. The molecule has 1 rings (SSSR count). The van der Waals surface area contributed by atoms with Crippen LogP contribution in [-0.2, 0) is 5.92 Å². The van der Waals surface area contributed by atoms with Gasteiger partial charge in [-0.25, -0.2) is 0 Å². The van der Waals surface area contributed by atoms with Crippen molar-refractivity contribution in [2.24, 2.45) is 5.73 Å². The van der Waals surface area contributed by atoms with E-state index in [9.17, 15) is 8.78 Å². The Balaban J connectivity index is 2.92. The molecule has 0 bridgehead atoms. The molecule has 0 unspecified atom stereocenters. The van der Waals surface area contributed by atoms with E-state index in [1.165, 1.54) is 6.07 Å². The van der Waals surface area contributed by atoms with Crippen molar-refractivity contribution in [3.05, 3.63) is 17.5 Å². The topological polar surface area (TPSA) is 54.7 Å². The molecule has 1 aromatic heterocycles. The highest BCUT2D eigenvalue weighted by Gasteiger charge is 2.32. The largest absolute Gasteiger partial charge is 0.325 e. The number of rotatable bonds is 2. The molecule has 0 aliphatic carbocycles. The quantitative estimate of drug-likeness (QED) is 0.673. The zero-order chi connectivity index (χ0) is 8.48. The summed E-state index contributed by atoms with van der Waals surface area (Å²) in [6.07, 6.45) is 0. The first-order chi connectivity index (χ1) is 5.06. The van der Waals surface area contributed by atoms with Crippen molar-refractivity contribution >= 4 is 0 Å². The second-order valence-corrected chi connectivity index (χ2v) is 2.34. The van der Waals surface area contributed by atoms with Gasteiger partial charge in [0.15, 0.2) is 0 Å². The lowest BCUT2D eigenvalue weighted by Crippen LogP contribution is -2.25. The van der Waals surface area contributed by atoms with Crippen LogP contribution in [0.2, 0.25) is 0 Å². The predicted molar refractivity (Wildman–Crippen MR) is 36.3 cm³/mol. The summed E-state index contributed by atoms with van der Waals surface area (Å²) in [6.45, 7) is 0.945. The van der Waals surface area contributed by atoms with E-state index >= 15 is 0 Å². The van der Waals surface area contributed by atoms with Crippen LogP contribution >= 0.6 is 0 Å². The fourth-order valence-corrected chi connectivity index (χ4v) is 0.710. The van der Waals surface area contributed by atoms with Crippen LogP contribution in [0.3, 0.4) is 0 Å². The molecule has 0 fully saturated rings. The first-order valence-corrected chi connectivity index (χ1v) is 3.16. The van der Waals surface area contributed by atoms with Gasteiger partial charge in [0, 0.05) is 5.69 Å². The summed E-state index contributed by atoms with van der Waals surface area (Å²) in [5.41, 5.74) is 5.15. The summed E-state index contributed by atoms with van der Waals surface area (Å²) < 4.78 is 25.4. The summed E-state index contributed by atoms with van der Waals surface area (Å²) in [4.78, 5) is 0. The van der Waals surface area contributed by atoms with Crippen LogP contribution in [-0.4, -0.2) is 16.7 Å². The molecule has 62 valence electrons. The third-order valence-corrected chi connectivity index (χ3v) is 1.34. The maximum atomic E-state index is 12.7. The number of alkyl halides is 2. The monoisotopic (exact) mass is 161 g/mol. The van der Waals surface area contributed by atoms with Gasteiger partial charge in [-0.1, -0.05) is 0 Å². The summed E-state index contributed by atoms with van der Waals surface area (Å²) in [5, 5.41) is 5.83. The number of hydrogen-bond donors (Lipinski definition) is 2. The lowest BCUT2D eigenvalue weighted by atomic mass is 10.2. The van der Waals surface area contributed by atoms with E-state index in [0.717, 1.165) is 0 Å². The van der Waals surface area contributed by atoms with Crippen molar-refractivity contribution in [3.63, 3.8) is 0 Å². The van der Waals surface area contributed by atoms with Gasteiger partial charge in [-0.2, -0.15) is 13.9 Å². The van der Waals surface area contributed by atoms with E-state index in [1.54, 1.807) is 6.92 Å². The van der Waals surface area contributed by atoms with E-state index in [-0.39, 0.29) is 5.69 Å². The number of aryl methyl sites for hydroxylation is 1. The Hall–Kier alpha value is -0.970. The number of aromatic nitrogens is 2. The molecule has 11 heavy (non-hydrogen) atoms. The second-order valence-electron chi connectivity index (χ2n) is 2.34. The molecule has 0 spiro atoms. The zero-order valence-corrected chi connectivity index (χ0v) is 6.06. The van der Waals surface area contributed by atoms with Gasteiger partial charge in [0.05, 0.1) is 6.54 Å².